The van der Waals surface area contributed by atoms with Crippen molar-refractivity contribution in [3.05, 3.63) is 71.2 Å². The molecule has 0 amide bonds. The molecule has 1 aliphatic carbocycles. The van der Waals surface area contributed by atoms with Crippen molar-refractivity contribution in [2.45, 2.75) is 0 Å². The van der Waals surface area contributed by atoms with E-state index in [0.717, 1.165) is 0 Å². The number of rotatable bonds is 3. The van der Waals surface area contributed by atoms with Gasteiger partial charge in [0.25, 0.3) is 0 Å². The Morgan fingerprint density at radius 3 is 2.50 bits per heavy atom. The van der Waals surface area contributed by atoms with Crippen molar-refractivity contribution in [2.75, 3.05) is 0 Å². The van der Waals surface area contributed by atoms with Gasteiger partial charge in [0.2, 0.25) is 0 Å². The number of fused-ring (bicyclic) bond motifs is 1. The molecule has 20 heavy (non-hydrogen) atoms. The number of furan rings is 1. The lowest BCUT2D eigenvalue weighted by atomic mass is 10.1. The number of ketones is 2. The third-order valence-corrected chi connectivity index (χ3v) is 3.06. The van der Waals surface area contributed by atoms with Crippen LogP contribution in [0, 0.1) is 0 Å². The predicted octanol–water partition coefficient (Wildman–Crippen LogP) is 1.83. The minimum absolute atomic E-state index is 0.284. The Morgan fingerprint density at radius 2 is 1.85 bits per heavy atom. The molecule has 3 rings (SSSR count). The molecule has 0 bridgehead atoms. The van der Waals surface area contributed by atoms with E-state index in [0.29, 0.717) is 5.76 Å². The van der Waals surface area contributed by atoms with Crippen molar-refractivity contribution in [3.8, 4) is 0 Å². The van der Waals surface area contributed by atoms with E-state index >= 15 is 0 Å². The van der Waals surface area contributed by atoms with Gasteiger partial charge in [-0.25, -0.2) is 0 Å². The highest BCUT2D eigenvalue weighted by Crippen LogP contribution is 2.29. The van der Waals surface area contributed by atoms with E-state index < -0.39 is 17.3 Å². The summed E-state index contributed by atoms with van der Waals surface area (Å²) in [5.41, 5.74) is 0.258. The van der Waals surface area contributed by atoms with E-state index in [1.165, 1.54) is 18.4 Å². The molecule has 0 aliphatic heterocycles. The zero-order valence-electron chi connectivity index (χ0n) is 10.3. The standard InChI is InChI=1S/C16H10O4/c17-13(8-7-10-4-3-9-20-10)14-15(18)11-5-1-2-6-12(11)16(14)19/h1-9,18H/p-1/b8-7+. The lowest BCUT2D eigenvalue weighted by molar-refractivity contribution is -0.244. The first kappa shape index (κ1) is 12.2. The van der Waals surface area contributed by atoms with E-state index in [2.05, 4.69) is 0 Å². The zero-order chi connectivity index (χ0) is 14.1. The summed E-state index contributed by atoms with van der Waals surface area (Å²) in [5.74, 6) is -1.15. The van der Waals surface area contributed by atoms with Crippen LogP contribution < -0.4 is 5.11 Å². The summed E-state index contributed by atoms with van der Waals surface area (Å²) in [7, 11) is 0. The van der Waals surface area contributed by atoms with E-state index in [4.69, 9.17) is 4.42 Å². The van der Waals surface area contributed by atoms with Gasteiger partial charge in [-0.15, -0.1) is 0 Å². The summed E-state index contributed by atoms with van der Waals surface area (Å²) >= 11 is 0. The zero-order valence-corrected chi connectivity index (χ0v) is 10.3. The molecule has 1 heterocycles. The number of carbonyl (C=O) groups excluding carboxylic acids is 2. The molecule has 0 radical (unpaired) electrons. The smallest absolute Gasteiger partial charge is 0.196 e. The van der Waals surface area contributed by atoms with Crippen LogP contribution >= 0.6 is 0 Å². The van der Waals surface area contributed by atoms with Gasteiger partial charge in [-0.05, 0) is 29.8 Å². The first-order chi connectivity index (χ1) is 9.68. The van der Waals surface area contributed by atoms with Crippen LogP contribution in [0.2, 0.25) is 0 Å². The quantitative estimate of drug-likeness (QED) is 0.627. The summed E-state index contributed by atoms with van der Waals surface area (Å²) < 4.78 is 5.04. The summed E-state index contributed by atoms with van der Waals surface area (Å²) in [4.78, 5) is 24.1. The van der Waals surface area contributed by atoms with Crippen LogP contribution in [0.25, 0.3) is 11.8 Å². The number of hydrogen-bond acceptors (Lipinski definition) is 4. The molecule has 2 aromatic rings. The van der Waals surface area contributed by atoms with Crippen LogP contribution in [0.4, 0.5) is 0 Å². The Labute approximate surface area is 114 Å². The highest BCUT2D eigenvalue weighted by Gasteiger charge is 2.27. The molecule has 1 aliphatic rings. The Balaban J connectivity index is 1.94. The van der Waals surface area contributed by atoms with Crippen molar-refractivity contribution < 1.29 is 19.1 Å². The van der Waals surface area contributed by atoms with Crippen LogP contribution in [0.15, 0.2) is 58.7 Å². The third-order valence-electron chi connectivity index (χ3n) is 3.06. The molecular weight excluding hydrogens is 256 g/mol. The van der Waals surface area contributed by atoms with Gasteiger partial charge < -0.3 is 9.52 Å². The summed E-state index contributed by atoms with van der Waals surface area (Å²) in [6, 6.07) is 9.77. The fourth-order valence-corrected chi connectivity index (χ4v) is 2.10. The largest absolute Gasteiger partial charge is 0.871 e. The second-order valence-corrected chi connectivity index (χ2v) is 4.29. The molecule has 0 unspecified atom stereocenters. The van der Waals surface area contributed by atoms with E-state index in [1.54, 1.807) is 36.4 Å². The maximum Gasteiger partial charge on any atom is 0.196 e. The lowest BCUT2D eigenvalue weighted by Gasteiger charge is -2.08. The average Bonchev–Trinajstić information content (AvgIpc) is 3.05. The topological polar surface area (TPSA) is 70.3 Å². The van der Waals surface area contributed by atoms with Gasteiger partial charge in [0.1, 0.15) is 5.76 Å². The molecule has 1 aromatic heterocycles. The van der Waals surface area contributed by atoms with Gasteiger partial charge in [-0.2, -0.15) is 0 Å². The van der Waals surface area contributed by atoms with E-state index in [9.17, 15) is 14.7 Å². The van der Waals surface area contributed by atoms with Gasteiger partial charge >= 0.3 is 0 Å². The molecule has 1 aromatic carbocycles. The lowest BCUT2D eigenvalue weighted by Crippen LogP contribution is -2.11. The second-order valence-electron chi connectivity index (χ2n) is 4.29. The maximum absolute atomic E-state index is 12.1. The first-order valence-corrected chi connectivity index (χ1v) is 6.00. The molecule has 0 atom stereocenters. The van der Waals surface area contributed by atoms with Crippen molar-refractivity contribution in [3.63, 3.8) is 0 Å². The first-order valence-electron chi connectivity index (χ1n) is 6.00. The summed E-state index contributed by atoms with van der Waals surface area (Å²) in [6.45, 7) is 0. The van der Waals surface area contributed by atoms with Crippen LogP contribution in [-0.2, 0) is 4.79 Å². The fourth-order valence-electron chi connectivity index (χ4n) is 2.10. The van der Waals surface area contributed by atoms with Gasteiger partial charge in [0.05, 0.1) is 11.8 Å². The van der Waals surface area contributed by atoms with Crippen LogP contribution in [0.1, 0.15) is 21.7 Å². The molecular formula is C16H9O4-. The predicted molar refractivity (Wildman–Crippen MR) is 70.4 cm³/mol. The van der Waals surface area contributed by atoms with Crippen molar-refractivity contribution in [1.82, 2.24) is 0 Å². The van der Waals surface area contributed by atoms with Gasteiger partial charge in [-0.3, -0.25) is 9.59 Å². The van der Waals surface area contributed by atoms with Crippen LogP contribution in [-0.4, -0.2) is 11.6 Å². The Morgan fingerprint density at radius 1 is 1.10 bits per heavy atom. The minimum atomic E-state index is -0.604. The number of hydrogen-bond donors (Lipinski definition) is 0. The van der Waals surface area contributed by atoms with Crippen LogP contribution in [0.3, 0.4) is 0 Å². The molecule has 0 saturated carbocycles. The normalized spacial score (nSPS) is 14.1. The number of benzene rings is 1. The Bertz CT molecular complexity index is 749. The molecule has 0 spiro atoms. The highest BCUT2D eigenvalue weighted by atomic mass is 16.3. The number of allylic oxidation sites excluding steroid dienone is 2. The van der Waals surface area contributed by atoms with Crippen LogP contribution in [0.5, 0.6) is 0 Å². The maximum atomic E-state index is 12.1. The van der Waals surface area contributed by atoms with E-state index in [1.807, 2.05) is 0 Å². The van der Waals surface area contributed by atoms with Gasteiger partial charge in [-0.1, -0.05) is 30.0 Å². The molecule has 4 heteroatoms. The average molecular weight is 265 g/mol. The minimum Gasteiger partial charge on any atom is -0.871 e. The number of Topliss-reactive ketones (excluding diaryl/α,β-unsaturated/α-hetero) is 1. The Hall–Kier alpha value is -2.88. The monoisotopic (exact) mass is 265 g/mol. The van der Waals surface area contributed by atoms with Crippen molar-refractivity contribution in [1.29, 1.82) is 0 Å². The summed E-state index contributed by atoms with van der Waals surface area (Å²) in [6.07, 6.45) is 4.08. The second kappa shape index (κ2) is 4.66. The van der Waals surface area contributed by atoms with Gasteiger partial charge in [0.15, 0.2) is 11.6 Å². The fraction of sp³-hybridized carbons (Fsp3) is 0. The van der Waals surface area contributed by atoms with Crippen molar-refractivity contribution >= 4 is 23.4 Å². The highest BCUT2D eigenvalue weighted by molar-refractivity contribution is 6.36. The SMILES string of the molecule is O=C(/C=C/c1ccco1)C1=C([O-])c2ccccc2C1=O. The number of carbonyl (C=O) groups is 2. The molecule has 98 valence electrons. The molecule has 0 N–H and O–H groups in total. The van der Waals surface area contributed by atoms with E-state index in [-0.39, 0.29) is 16.7 Å². The van der Waals surface area contributed by atoms with Gasteiger partial charge in [0, 0.05) is 5.56 Å². The molecule has 0 saturated heterocycles. The van der Waals surface area contributed by atoms with Crippen molar-refractivity contribution in [2.24, 2.45) is 0 Å². The molecule has 4 nitrogen and oxygen atoms in total. The third kappa shape index (κ3) is 1.87. The molecule has 0 fully saturated rings. The Kier molecular flexibility index (Phi) is 2.84. The summed E-state index contributed by atoms with van der Waals surface area (Å²) in [5, 5.41) is 12.1.